The molecular formula is C17H20N4O2S. The van der Waals surface area contributed by atoms with Gasteiger partial charge in [0.05, 0.1) is 10.8 Å². The molecule has 1 aromatic carbocycles. The molecule has 3 rings (SSSR count). The molecular weight excluding hydrogens is 324 g/mol. The Hall–Kier alpha value is -2.28. The Morgan fingerprint density at radius 2 is 2.04 bits per heavy atom. The van der Waals surface area contributed by atoms with E-state index in [2.05, 4.69) is 20.5 Å². The van der Waals surface area contributed by atoms with Gasteiger partial charge in [-0.15, -0.1) is 10.2 Å². The van der Waals surface area contributed by atoms with E-state index in [0.717, 1.165) is 16.5 Å². The highest BCUT2D eigenvalue weighted by Gasteiger charge is 2.23. The summed E-state index contributed by atoms with van der Waals surface area (Å²) >= 11 is 1.25. The quantitative estimate of drug-likeness (QED) is 0.706. The van der Waals surface area contributed by atoms with Gasteiger partial charge in [-0.05, 0) is 33.8 Å². The molecule has 0 saturated heterocycles. The predicted octanol–water partition coefficient (Wildman–Crippen LogP) is 3.61. The van der Waals surface area contributed by atoms with Crippen LogP contribution in [0.25, 0.3) is 22.4 Å². The Bertz CT molecular complexity index is 863. The lowest BCUT2D eigenvalue weighted by molar-refractivity contribution is -0.121. The highest BCUT2D eigenvalue weighted by atomic mass is 32.2. The van der Waals surface area contributed by atoms with Gasteiger partial charge in [-0.3, -0.25) is 4.79 Å². The number of carbonyl (C=O) groups is 1. The van der Waals surface area contributed by atoms with E-state index < -0.39 is 0 Å². The first-order chi connectivity index (χ1) is 11.3. The van der Waals surface area contributed by atoms with Crippen LogP contribution in [0.2, 0.25) is 0 Å². The SMILES string of the molecule is CC(Sc1nnc(-c2c[nH]c3ccccc23)o1)C(=O)NC(C)(C)C. The second-order valence-corrected chi connectivity index (χ2v) is 7.91. The van der Waals surface area contributed by atoms with Crippen LogP contribution in [0.5, 0.6) is 0 Å². The molecule has 0 fully saturated rings. The maximum atomic E-state index is 12.1. The number of rotatable bonds is 4. The molecule has 1 atom stereocenters. The lowest BCUT2D eigenvalue weighted by Crippen LogP contribution is -2.44. The summed E-state index contributed by atoms with van der Waals surface area (Å²) in [4.78, 5) is 15.3. The average Bonchev–Trinajstić information content (AvgIpc) is 3.11. The Kier molecular flexibility index (Phi) is 4.36. The van der Waals surface area contributed by atoms with E-state index in [0.29, 0.717) is 11.1 Å². The molecule has 7 heteroatoms. The van der Waals surface area contributed by atoms with Crippen molar-refractivity contribution in [1.82, 2.24) is 20.5 Å². The van der Waals surface area contributed by atoms with Crippen molar-refractivity contribution in [2.45, 2.75) is 43.7 Å². The predicted molar refractivity (Wildman–Crippen MR) is 94.8 cm³/mol. The number of thioether (sulfide) groups is 1. The van der Waals surface area contributed by atoms with Crippen LogP contribution >= 0.6 is 11.8 Å². The van der Waals surface area contributed by atoms with E-state index in [-0.39, 0.29) is 16.7 Å². The fourth-order valence-electron chi connectivity index (χ4n) is 2.29. The number of aromatic nitrogens is 3. The van der Waals surface area contributed by atoms with E-state index in [1.807, 2.05) is 58.2 Å². The van der Waals surface area contributed by atoms with Gasteiger partial charge in [0.2, 0.25) is 5.91 Å². The van der Waals surface area contributed by atoms with E-state index in [9.17, 15) is 4.79 Å². The highest BCUT2D eigenvalue weighted by Crippen LogP contribution is 2.30. The van der Waals surface area contributed by atoms with Gasteiger partial charge in [-0.1, -0.05) is 30.0 Å². The van der Waals surface area contributed by atoms with E-state index >= 15 is 0 Å². The topological polar surface area (TPSA) is 83.8 Å². The Labute approximate surface area is 144 Å². The minimum Gasteiger partial charge on any atom is -0.411 e. The molecule has 1 amide bonds. The Morgan fingerprint density at radius 1 is 1.29 bits per heavy atom. The van der Waals surface area contributed by atoms with Crippen molar-refractivity contribution in [2.24, 2.45) is 0 Å². The Morgan fingerprint density at radius 3 is 2.79 bits per heavy atom. The lowest BCUT2D eigenvalue weighted by Gasteiger charge is -2.22. The molecule has 0 saturated carbocycles. The van der Waals surface area contributed by atoms with Gasteiger partial charge in [0.25, 0.3) is 11.1 Å². The Balaban J connectivity index is 1.75. The molecule has 24 heavy (non-hydrogen) atoms. The number of nitrogens with one attached hydrogen (secondary N) is 2. The molecule has 2 N–H and O–H groups in total. The first-order valence-corrected chi connectivity index (χ1v) is 8.60. The van der Waals surface area contributed by atoms with Crippen LogP contribution in [0.15, 0.2) is 40.1 Å². The number of hydrogen-bond donors (Lipinski definition) is 2. The second-order valence-electron chi connectivity index (χ2n) is 6.62. The summed E-state index contributed by atoms with van der Waals surface area (Å²) in [5.41, 5.74) is 1.60. The summed E-state index contributed by atoms with van der Waals surface area (Å²) in [6.45, 7) is 7.67. The number of benzene rings is 1. The summed E-state index contributed by atoms with van der Waals surface area (Å²) in [6, 6.07) is 7.92. The van der Waals surface area contributed by atoms with Gasteiger partial charge in [0.1, 0.15) is 0 Å². The largest absolute Gasteiger partial charge is 0.411 e. The zero-order valence-electron chi connectivity index (χ0n) is 14.1. The van der Waals surface area contributed by atoms with Crippen LogP contribution in [0.4, 0.5) is 0 Å². The summed E-state index contributed by atoms with van der Waals surface area (Å²) < 4.78 is 5.73. The van der Waals surface area contributed by atoms with Crippen LogP contribution in [-0.2, 0) is 4.79 Å². The van der Waals surface area contributed by atoms with Crippen LogP contribution in [0.3, 0.4) is 0 Å². The third kappa shape index (κ3) is 3.62. The number of para-hydroxylation sites is 1. The average molecular weight is 344 g/mol. The first-order valence-electron chi connectivity index (χ1n) is 7.72. The van der Waals surface area contributed by atoms with Gasteiger partial charge >= 0.3 is 0 Å². The van der Waals surface area contributed by atoms with Gasteiger partial charge in [-0.2, -0.15) is 0 Å². The fraction of sp³-hybridized carbons (Fsp3) is 0.353. The maximum Gasteiger partial charge on any atom is 0.277 e. The fourth-order valence-corrected chi connectivity index (χ4v) is 2.97. The van der Waals surface area contributed by atoms with Crippen molar-refractivity contribution in [1.29, 1.82) is 0 Å². The van der Waals surface area contributed by atoms with Gasteiger partial charge < -0.3 is 14.7 Å². The van der Waals surface area contributed by atoms with Gasteiger partial charge in [0, 0.05) is 22.6 Å². The molecule has 0 aliphatic rings. The number of nitrogens with zero attached hydrogens (tertiary/aromatic N) is 2. The molecule has 0 bridgehead atoms. The monoisotopic (exact) mass is 344 g/mol. The zero-order valence-corrected chi connectivity index (χ0v) is 14.9. The summed E-state index contributed by atoms with van der Waals surface area (Å²) in [7, 11) is 0. The van der Waals surface area contributed by atoms with Crippen LogP contribution in [-0.4, -0.2) is 31.9 Å². The van der Waals surface area contributed by atoms with Gasteiger partial charge in [0.15, 0.2) is 0 Å². The maximum absolute atomic E-state index is 12.1. The number of aromatic amines is 1. The molecule has 2 heterocycles. The van der Waals surface area contributed by atoms with Crippen molar-refractivity contribution in [2.75, 3.05) is 0 Å². The van der Waals surface area contributed by atoms with E-state index in [4.69, 9.17) is 4.42 Å². The smallest absolute Gasteiger partial charge is 0.277 e. The summed E-state index contributed by atoms with van der Waals surface area (Å²) in [5, 5.41) is 12.2. The van der Waals surface area contributed by atoms with Crippen LogP contribution in [0, 0.1) is 0 Å². The van der Waals surface area contributed by atoms with E-state index in [1.54, 1.807) is 0 Å². The van der Waals surface area contributed by atoms with Crippen LogP contribution in [0.1, 0.15) is 27.7 Å². The van der Waals surface area contributed by atoms with Crippen molar-refractivity contribution in [3.8, 4) is 11.5 Å². The normalized spacial score (nSPS) is 13.2. The summed E-state index contributed by atoms with van der Waals surface area (Å²) in [6.07, 6.45) is 1.85. The lowest BCUT2D eigenvalue weighted by atomic mass is 10.1. The van der Waals surface area contributed by atoms with Crippen molar-refractivity contribution in [3.63, 3.8) is 0 Å². The molecule has 1 unspecified atom stereocenters. The molecule has 3 aromatic rings. The molecule has 126 valence electrons. The third-order valence-corrected chi connectivity index (χ3v) is 4.31. The molecule has 6 nitrogen and oxygen atoms in total. The van der Waals surface area contributed by atoms with Crippen molar-refractivity contribution >= 4 is 28.6 Å². The molecule has 2 aromatic heterocycles. The number of hydrogen-bond acceptors (Lipinski definition) is 5. The van der Waals surface area contributed by atoms with Crippen LogP contribution < -0.4 is 5.32 Å². The van der Waals surface area contributed by atoms with E-state index in [1.165, 1.54) is 11.8 Å². The molecule has 0 aliphatic heterocycles. The number of amides is 1. The number of fused-ring (bicyclic) bond motifs is 1. The minimum atomic E-state index is -0.319. The zero-order chi connectivity index (χ0) is 17.3. The third-order valence-electron chi connectivity index (χ3n) is 3.37. The highest BCUT2D eigenvalue weighted by molar-refractivity contribution is 8.00. The number of H-pyrrole nitrogens is 1. The van der Waals surface area contributed by atoms with Crippen molar-refractivity contribution in [3.05, 3.63) is 30.5 Å². The standard InChI is InChI=1S/C17H20N4O2S/c1-10(14(22)19-17(2,3)4)24-16-21-20-15(23-16)12-9-18-13-8-6-5-7-11(12)13/h5-10,18H,1-4H3,(H,19,22). The van der Waals surface area contributed by atoms with Gasteiger partial charge in [-0.25, -0.2) is 0 Å². The molecule has 0 aliphatic carbocycles. The molecule has 0 radical (unpaired) electrons. The summed E-state index contributed by atoms with van der Waals surface area (Å²) in [5.74, 6) is 0.387. The molecule has 0 spiro atoms. The first kappa shape index (κ1) is 16.6. The van der Waals surface area contributed by atoms with Crippen molar-refractivity contribution < 1.29 is 9.21 Å². The second kappa shape index (κ2) is 6.32. The number of carbonyl (C=O) groups excluding carboxylic acids is 1. The minimum absolute atomic E-state index is 0.0562.